The van der Waals surface area contributed by atoms with Crippen molar-refractivity contribution < 1.29 is 4.79 Å². The third kappa shape index (κ3) is 3.46. The van der Waals surface area contributed by atoms with Gasteiger partial charge in [0, 0.05) is 10.2 Å². The zero-order valence-corrected chi connectivity index (χ0v) is 12.3. The summed E-state index contributed by atoms with van der Waals surface area (Å²) in [4.78, 5) is 11.1. The molecule has 1 rings (SSSR count). The Labute approximate surface area is 111 Å². The number of anilines is 1. The van der Waals surface area contributed by atoms with Gasteiger partial charge in [0.05, 0.1) is 0 Å². The number of benzene rings is 1. The number of rotatable bonds is 3. The highest BCUT2D eigenvalue weighted by atomic mass is 79.9. The van der Waals surface area contributed by atoms with Crippen LogP contribution in [0.4, 0.5) is 10.5 Å². The van der Waals surface area contributed by atoms with Gasteiger partial charge in [0.15, 0.2) is 0 Å². The number of nitrogens with one attached hydrogen (secondary N) is 1. The molecular weight excluding hydrogens is 280 g/mol. The molecule has 3 nitrogen and oxygen atoms in total. The zero-order chi connectivity index (χ0) is 13.2. The maximum Gasteiger partial charge on any atom is 0.316 e. The second-order valence-electron chi connectivity index (χ2n) is 4.76. The number of nitrogens with two attached hydrogens (primary N) is 1. The lowest BCUT2D eigenvalue weighted by Crippen LogP contribution is -2.21. The van der Waals surface area contributed by atoms with Crippen LogP contribution in [0.15, 0.2) is 16.6 Å². The smallest absolute Gasteiger partial charge is 0.316 e. The lowest BCUT2D eigenvalue weighted by atomic mass is 9.93. The van der Waals surface area contributed by atoms with Crippen molar-refractivity contribution in [3.05, 3.63) is 27.7 Å². The normalized spacial score (nSPS) is 11.0. The molecule has 1 aromatic rings. The maximum absolute atomic E-state index is 11.1. The Morgan fingerprint density at radius 2 is 1.59 bits per heavy atom. The van der Waals surface area contributed by atoms with Crippen molar-refractivity contribution in [2.24, 2.45) is 5.73 Å². The summed E-state index contributed by atoms with van der Waals surface area (Å²) in [7, 11) is 0. The molecule has 0 aliphatic rings. The van der Waals surface area contributed by atoms with Gasteiger partial charge >= 0.3 is 6.03 Å². The van der Waals surface area contributed by atoms with Gasteiger partial charge in [0.2, 0.25) is 0 Å². The Kier molecular flexibility index (Phi) is 4.57. The van der Waals surface area contributed by atoms with Crippen LogP contribution in [-0.2, 0) is 0 Å². The van der Waals surface area contributed by atoms with E-state index in [1.165, 1.54) is 0 Å². The van der Waals surface area contributed by atoms with Crippen LogP contribution in [0.2, 0.25) is 0 Å². The van der Waals surface area contributed by atoms with Crippen LogP contribution in [0.3, 0.4) is 0 Å². The third-order valence-electron chi connectivity index (χ3n) is 2.66. The van der Waals surface area contributed by atoms with E-state index in [0.29, 0.717) is 11.8 Å². The number of hydrogen-bond donors (Lipinski definition) is 2. The fourth-order valence-electron chi connectivity index (χ4n) is 1.83. The van der Waals surface area contributed by atoms with Crippen LogP contribution < -0.4 is 11.1 Å². The number of urea groups is 1. The van der Waals surface area contributed by atoms with Crippen molar-refractivity contribution in [3.8, 4) is 0 Å². The molecule has 4 heteroatoms. The lowest BCUT2D eigenvalue weighted by Gasteiger charge is -2.20. The monoisotopic (exact) mass is 298 g/mol. The summed E-state index contributed by atoms with van der Waals surface area (Å²) in [5, 5.41) is 2.75. The van der Waals surface area contributed by atoms with Crippen LogP contribution in [0.1, 0.15) is 50.7 Å². The fourth-order valence-corrected chi connectivity index (χ4v) is 2.32. The SMILES string of the molecule is CC(C)c1cc(Br)cc(C(C)C)c1NC(N)=O. The molecule has 0 aliphatic carbocycles. The van der Waals surface area contributed by atoms with Gasteiger partial charge in [-0.05, 0) is 35.1 Å². The second kappa shape index (κ2) is 5.54. The first-order valence-corrected chi connectivity index (χ1v) is 6.52. The molecule has 17 heavy (non-hydrogen) atoms. The minimum Gasteiger partial charge on any atom is -0.351 e. The van der Waals surface area contributed by atoms with Crippen LogP contribution in [0.5, 0.6) is 0 Å². The van der Waals surface area contributed by atoms with E-state index in [0.717, 1.165) is 21.3 Å². The van der Waals surface area contributed by atoms with Gasteiger partial charge in [-0.3, -0.25) is 0 Å². The molecule has 3 N–H and O–H groups in total. The summed E-state index contributed by atoms with van der Waals surface area (Å²) >= 11 is 3.51. The number of carbonyl (C=O) groups is 1. The van der Waals surface area contributed by atoms with Crippen LogP contribution >= 0.6 is 15.9 Å². The Bertz CT molecular complexity index is 398. The van der Waals surface area contributed by atoms with E-state index in [1.54, 1.807) is 0 Å². The van der Waals surface area contributed by atoms with E-state index in [1.807, 2.05) is 12.1 Å². The summed E-state index contributed by atoms with van der Waals surface area (Å²) in [5.41, 5.74) is 8.29. The first-order chi connectivity index (χ1) is 7.82. The summed E-state index contributed by atoms with van der Waals surface area (Å²) in [6.07, 6.45) is 0. The Balaban J connectivity index is 3.41. The van der Waals surface area contributed by atoms with Crippen molar-refractivity contribution in [2.75, 3.05) is 5.32 Å². The summed E-state index contributed by atoms with van der Waals surface area (Å²) in [6.45, 7) is 8.38. The van der Waals surface area contributed by atoms with Gasteiger partial charge in [0.1, 0.15) is 0 Å². The van der Waals surface area contributed by atoms with Crippen LogP contribution in [0.25, 0.3) is 0 Å². The summed E-state index contributed by atoms with van der Waals surface area (Å²) < 4.78 is 1.03. The summed E-state index contributed by atoms with van der Waals surface area (Å²) in [6, 6.07) is 3.54. The largest absolute Gasteiger partial charge is 0.351 e. The van der Waals surface area contributed by atoms with Gasteiger partial charge in [-0.25, -0.2) is 4.79 Å². The van der Waals surface area contributed by atoms with E-state index in [4.69, 9.17) is 5.73 Å². The fraction of sp³-hybridized carbons (Fsp3) is 0.462. The molecule has 0 spiro atoms. The number of halogens is 1. The van der Waals surface area contributed by atoms with Crippen LogP contribution in [0, 0.1) is 0 Å². The predicted molar refractivity (Wildman–Crippen MR) is 75.5 cm³/mol. The number of primary amides is 1. The second-order valence-corrected chi connectivity index (χ2v) is 5.67. The molecule has 0 aliphatic heterocycles. The standard InChI is InChI=1S/C13H19BrN2O/c1-7(2)10-5-9(14)6-11(8(3)4)12(10)16-13(15)17/h5-8H,1-4H3,(H3,15,16,17). The molecule has 94 valence electrons. The van der Waals surface area contributed by atoms with Gasteiger partial charge in [-0.2, -0.15) is 0 Å². The van der Waals surface area contributed by atoms with Gasteiger partial charge in [-0.15, -0.1) is 0 Å². The van der Waals surface area contributed by atoms with Crippen LogP contribution in [-0.4, -0.2) is 6.03 Å². The number of amides is 2. The topological polar surface area (TPSA) is 55.1 Å². The third-order valence-corrected chi connectivity index (χ3v) is 3.11. The molecule has 0 fully saturated rings. The van der Waals surface area contributed by atoms with Crippen molar-refractivity contribution in [3.63, 3.8) is 0 Å². The highest BCUT2D eigenvalue weighted by Crippen LogP contribution is 2.35. The van der Waals surface area contributed by atoms with Gasteiger partial charge < -0.3 is 11.1 Å². The molecule has 0 bridgehead atoms. The predicted octanol–water partition coefficient (Wildman–Crippen LogP) is 4.19. The van der Waals surface area contributed by atoms with Crippen molar-refractivity contribution in [2.45, 2.75) is 39.5 Å². The highest BCUT2D eigenvalue weighted by molar-refractivity contribution is 9.10. The Morgan fingerprint density at radius 1 is 1.18 bits per heavy atom. The first kappa shape index (κ1) is 14.0. The van der Waals surface area contributed by atoms with Gasteiger partial charge in [-0.1, -0.05) is 43.6 Å². The van der Waals surface area contributed by atoms with E-state index >= 15 is 0 Å². The first-order valence-electron chi connectivity index (χ1n) is 5.72. The Hall–Kier alpha value is -1.03. The zero-order valence-electron chi connectivity index (χ0n) is 10.7. The molecule has 0 saturated heterocycles. The number of hydrogen-bond acceptors (Lipinski definition) is 1. The molecule has 0 aromatic heterocycles. The average molecular weight is 299 g/mol. The van der Waals surface area contributed by atoms with E-state index in [2.05, 4.69) is 48.9 Å². The molecule has 0 heterocycles. The molecular formula is C13H19BrN2O. The molecule has 0 unspecified atom stereocenters. The van der Waals surface area contributed by atoms with E-state index in [-0.39, 0.29) is 0 Å². The minimum atomic E-state index is -0.517. The summed E-state index contributed by atoms with van der Waals surface area (Å²) in [5.74, 6) is 0.652. The van der Waals surface area contributed by atoms with Crippen molar-refractivity contribution >= 4 is 27.6 Å². The maximum atomic E-state index is 11.1. The van der Waals surface area contributed by atoms with E-state index < -0.39 is 6.03 Å². The Morgan fingerprint density at radius 3 is 1.88 bits per heavy atom. The van der Waals surface area contributed by atoms with E-state index in [9.17, 15) is 4.79 Å². The molecule has 0 atom stereocenters. The van der Waals surface area contributed by atoms with Gasteiger partial charge in [0.25, 0.3) is 0 Å². The minimum absolute atomic E-state index is 0.326. The molecule has 0 saturated carbocycles. The highest BCUT2D eigenvalue weighted by Gasteiger charge is 2.16. The average Bonchev–Trinajstić information content (AvgIpc) is 2.18. The molecule has 0 radical (unpaired) electrons. The lowest BCUT2D eigenvalue weighted by molar-refractivity contribution is 0.259. The molecule has 2 amide bonds. The number of carbonyl (C=O) groups excluding carboxylic acids is 1. The van der Waals surface area contributed by atoms with Crippen molar-refractivity contribution in [1.29, 1.82) is 0 Å². The van der Waals surface area contributed by atoms with Crippen molar-refractivity contribution in [1.82, 2.24) is 0 Å². The molecule has 1 aromatic carbocycles. The quantitative estimate of drug-likeness (QED) is 0.864.